The fourth-order valence-electron chi connectivity index (χ4n) is 2.16. The summed E-state index contributed by atoms with van der Waals surface area (Å²) in [5.41, 5.74) is 3.34. The van der Waals surface area contributed by atoms with Crippen LogP contribution in [0.3, 0.4) is 0 Å². The van der Waals surface area contributed by atoms with E-state index in [9.17, 15) is 0 Å². The van der Waals surface area contributed by atoms with Crippen molar-refractivity contribution in [1.82, 2.24) is 0 Å². The highest BCUT2D eigenvalue weighted by molar-refractivity contribution is 5.23. The number of rotatable bonds is 0. The Kier molecular flexibility index (Phi) is 2.46. The zero-order valence-electron chi connectivity index (χ0n) is 8.78. The van der Waals surface area contributed by atoms with Crippen molar-refractivity contribution in [1.29, 1.82) is 0 Å². The molecule has 1 saturated carbocycles. The average molecular weight is 164 g/mol. The minimum absolute atomic E-state index is 0.319. The van der Waals surface area contributed by atoms with E-state index in [0.29, 0.717) is 11.3 Å². The predicted molar refractivity (Wildman–Crippen MR) is 55.1 cm³/mol. The van der Waals surface area contributed by atoms with Gasteiger partial charge in [0.2, 0.25) is 0 Å². The fourth-order valence-corrected chi connectivity index (χ4v) is 2.16. The average Bonchev–Trinajstić information content (AvgIpc) is 1.99. The van der Waals surface area contributed by atoms with E-state index in [1.54, 1.807) is 5.57 Å². The number of allylic oxidation sites excluding steroid dienone is 3. The summed E-state index contributed by atoms with van der Waals surface area (Å²) in [6.07, 6.45) is 4.69. The summed E-state index contributed by atoms with van der Waals surface area (Å²) in [5, 5.41) is 0. The van der Waals surface area contributed by atoms with Crippen LogP contribution in [0.2, 0.25) is 0 Å². The van der Waals surface area contributed by atoms with Crippen molar-refractivity contribution >= 4 is 0 Å². The summed E-state index contributed by atoms with van der Waals surface area (Å²) in [5.74, 6) is 0.667. The molecular weight excluding hydrogens is 144 g/mol. The molecule has 1 fully saturated rings. The first-order valence-electron chi connectivity index (χ1n) is 4.80. The van der Waals surface area contributed by atoms with Gasteiger partial charge in [-0.15, -0.1) is 0 Å². The van der Waals surface area contributed by atoms with Crippen LogP contribution in [0.25, 0.3) is 0 Å². The standard InChI is InChI=1S/C12H20/c1-6-11-7-9(2)10(3)12(4,5)8-11/h6,9H,3,7-8H2,1-2,4-5H3/b11-6-. The summed E-state index contributed by atoms with van der Waals surface area (Å²) in [6, 6.07) is 0. The third-order valence-corrected chi connectivity index (χ3v) is 3.11. The Morgan fingerprint density at radius 3 is 2.50 bits per heavy atom. The molecule has 0 spiro atoms. The van der Waals surface area contributed by atoms with Crippen molar-refractivity contribution in [2.24, 2.45) is 11.3 Å². The van der Waals surface area contributed by atoms with Crippen LogP contribution >= 0.6 is 0 Å². The summed E-state index contributed by atoms with van der Waals surface area (Å²) < 4.78 is 0. The molecule has 1 aliphatic carbocycles. The van der Waals surface area contributed by atoms with Gasteiger partial charge in [0.05, 0.1) is 0 Å². The maximum absolute atomic E-state index is 4.19. The summed E-state index contributed by atoms with van der Waals surface area (Å²) in [4.78, 5) is 0. The Hall–Kier alpha value is -0.520. The molecule has 1 aliphatic rings. The third-order valence-electron chi connectivity index (χ3n) is 3.11. The lowest BCUT2D eigenvalue weighted by Crippen LogP contribution is -2.25. The van der Waals surface area contributed by atoms with Crippen LogP contribution in [0.4, 0.5) is 0 Å². The summed E-state index contributed by atoms with van der Waals surface area (Å²) in [7, 11) is 0. The number of hydrogen-bond acceptors (Lipinski definition) is 0. The molecule has 0 radical (unpaired) electrons. The second kappa shape index (κ2) is 3.08. The molecule has 1 rings (SSSR count). The molecule has 68 valence electrons. The normalized spacial score (nSPS) is 32.5. The molecule has 0 N–H and O–H groups in total. The van der Waals surface area contributed by atoms with Crippen LogP contribution in [-0.2, 0) is 0 Å². The third kappa shape index (κ3) is 1.63. The smallest absolute Gasteiger partial charge is 0.0107 e. The lowest BCUT2D eigenvalue weighted by atomic mass is 9.67. The van der Waals surface area contributed by atoms with E-state index in [1.165, 1.54) is 18.4 Å². The van der Waals surface area contributed by atoms with Gasteiger partial charge in [-0.2, -0.15) is 0 Å². The van der Waals surface area contributed by atoms with Gasteiger partial charge in [-0.05, 0) is 31.1 Å². The Balaban J connectivity index is 2.86. The molecule has 0 heterocycles. The second-order valence-electron chi connectivity index (χ2n) is 4.64. The Morgan fingerprint density at radius 2 is 2.08 bits per heavy atom. The fraction of sp³-hybridized carbons (Fsp3) is 0.667. The van der Waals surface area contributed by atoms with Crippen molar-refractivity contribution < 1.29 is 0 Å². The van der Waals surface area contributed by atoms with E-state index in [2.05, 4.69) is 40.3 Å². The van der Waals surface area contributed by atoms with Gasteiger partial charge in [-0.3, -0.25) is 0 Å². The zero-order valence-corrected chi connectivity index (χ0v) is 8.78. The van der Waals surface area contributed by atoms with Crippen LogP contribution < -0.4 is 0 Å². The van der Waals surface area contributed by atoms with Crippen LogP contribution in [0.1, 0.15) is 40.5 Å². The quantitative estimate of drug-likeness (QED) is 0.476. The van der Waals surface area contributed by atoms with Crippen molar-refractivity contribution in [2.75, 3.05) is 0 Å². The minimum atomic E-state index is 0.319. The maximum Gasteiger partial charge on any atom is -0.0107 e. The van der Waals surface area contributed by atoms with Gasteiger partial charge in [-0.1, -0.05) is 44.6 Å². The molecule has 0 bridgehead atoms. The van der Waals surface area contributed by atoms with Crippen molar-refractivity contribution in [3.8, 4) is 0 Å². The highest BCUT2D eigenvalue weighted by atomic mass is 14.4. The molecule has 0 amide bonds. The summed E-state index contributed by atoms with van der Waals surface area (Å²) in [6.45, 7) is 13.2. The molecule has 0 aromatic rings. The largest absolute Gasteiger partial charge is 0.0990 e. The van der Waals surface area contributed by atoms with E-state index >= 15 is 0 Å². The molecule has 0 saturated heterocycles. The van der Waals surface area contributed by atoms with Gasteiger partial charge < -0.3 is 0 Å². The molecule has 0 nitrogen and oxygen atoms in total. The number of hydrogen-bond donors (Lipinski definition) is 0. The molecular formula is C12H20. The van der Waals surface area contributed by atoms with Crippen LogP contribution in [0.5, 0.6) is 0 Å². The van der Waals surface area contributed by atoms with E-state index in [4.69, 9.17) is 0 Å². The first kappa shape index (κ1) is 9.57. The predicted octanol–water partition coefficient (Wildman–Crippen LogP) is 3.95. The molecule has 0 aromatic carbocycles. The van der Waals surface area contributed by atoms with Crippen LogP contribution in [0.15, 0.2) is 23.8 Å². The van der Waals surface area contributed by atoms with E-state index in [1.807, 2.05) is 0 Å². The Morgan fingerprint density at radius 1 is 1.50 bits per heavy atom. The Bertz CT molecular complexity index is 218. The zero-order chi connectivity index (χ0) is 9.35. The van der Waals surface area contributed by atoms with Gasteiger partial charge in [0.1, 0.15) is 0 Å². The van der Waals surface area contributed by atoms with Crippen LogP contribution in [0, 0.1) is 11.3 Å². The van der Waals surface area contributed by atoms with E-state index in [0.717, 1.165) is 0 Å². The second-order valence-corrected chi connectivity index (χ2v) is 4.64. The first-order chi connectivity index (χ1) is 5.47. The van der Waals surface area contributed by atoms with E-state index < -0.39 is 0 Å². The van der Waals surface area contributed by atoms with Crippen molar-refractivity contribution in [3.05, 3.63) is 23.8 Å². The van der Waals surface area contributed by atoms with Gasteiger partial charge in [-0.25, -0.2) is 0 Å². The van der Waals surface area contributed by atoms with E-state index in [-0.39, 0.29) is 0 Å². The Labute approximate surface area is 76.4 Å². The minimum Gasteiger partial charge on any atom is -0.0990 e. The lowest BCUT2D eigenvalue weighted by molar-refractivity contribution is 0.346. The molecule has 0 aromatic heterocycles. The maximum atomic E-state index is 4.19. The molecule has 0 heteroatoms. The molecule has 0 aliphatic heterocycles. The topological polar surface area (TPSA) is 0 Å². The molecule has 1 unspecified atom stereocenters. The molecule has 1 atom stereocenters. The first-order valence-corrected chi connectivity index (χ1v) is 4.80. The lowest BCUT2D eigenvalue weighted by Gasteiger charge is -2.38. The van der Waals surface area contributed by atoms with Crippen LogP contribution in [-0.4, -0.2) is 0 Å². The summed E-state index contributed by atoms with van der Waals surface area (Å²) >= 11 is 0. The molecule has 12 heavy (non-hydrogen) atoms. The SMILES string of the molecule is C=C1C(C)C/C(=C/C)CC1(C)C. The van der Waals surface area contributed by atoms with Gasteiger partial charge in [0, 0.05) is 0 Å². The monoisotopic (exact) mass is 164 g/mol. The highest BCUT2D eigenvalue weighted by Crippen LogP contribution is 2.44. The van der Waals surface area contributed by atoms with Gasteiger partial charge in [0.25, 0.3) is 0 Å². The highest BCUT2D eigenvalue weighted by Gasteiger charge is 2.31. The van der Waals surface area contributed by atoms with Crippen molar-refractivity contribution in [3.63, 3.8) is 0 Å². The van der Waals surface area contributed by atoms with Gasteiger partial charge in [0.15, 0.2) is 0 Å². The van der Waals surface area contributed by atoms with Gasteiger partial charge >= 0.3 is 0 Å². The van der Waals surface area contributed by atoms with Crippen molar-refractivity contribution in [2.45, 2.75) is 40.5 Å².